The number of aromatic amines is 1. The number of para-hydroxylation sites is 2. The van der Waals surface area contributed by atoms with E-state index in [2.05, 4.69) is 48.0 Å². The first kappa shape index (κ1) is 21.3. The number of fused-ring (bicyclic) bond motifs is 1. The van der Waals surface area contributed by atoms with Crippen LogP contribution >= 0.6 is 24.0 Å². The van der Waals surface area contributed by atoms with Gasteiger partial charge < -0.3 is 20.1 Å². The zero-order valence-electron chi connectivity index (χ0n) is 16.6. The van der Waals surface area contributed by atoms with E-state index in [1.807, 2.05) is 24.3 Å². The maximum Gasteiger partial charge on any atom is 0.225 e. The van der Waals surface area contributed by atoms with Crippen molar-refractivity contribution in [3.05, 3.63) is 48.5 Å². The van der Waals surface area contributed by atoms with E-state index >= 15 is 0 Å². The predicted octanol–water partition coefficient (Wildman–Crippen LogP) is 2.30. The number of hydrogen-bond acceptors (Lipinski definition) is 5. The van der Waals surface area contributed by atoms with Crippen molar-refractivity contribution in [2.24, 2.45) is 4.99 Å². The van der Waals surface area contributed by atoms with Gasteiger partial charge in [-0.15, -0.1) is 24.0 Å². The molecule has 1 saturated heterocycles. The van der Waals surface area contributed by atoms with Gasteiger partial charge in [0.15, 0.2) is 5.96 Å². The average Bonchev–Trinajstić information content (AvgIpc) is 3.17. The number of aromatic nitrogens is 4. The second-order valence-corrected chi connectivity index (χ2v) is 6.71. The minimum atomic E-state index is 0. The molecule has 2 aromatic heterocycles. The van der Waals surface area contributed by atoms with Gasteiger partial charge in [0.1, 0.15) is 5.82 Å². The lowest BCUT2D eigenvalue weighted by atomic mass is 10.3. The Hall–Kier alpha value is -2.43. The second-order valence-electron chi connectivity index (χ2n) is 6.71. The molecule has 1 fully saturated rings. The minimum absolute atomic E-state index is 0. The molecule has 1 aromatic carbocycles. The molecular weight excluding hydrogens is 479 g/mol. The molecule has 29 heavy (non-hydrogen) atoms. The van der Waals surface area contributed by atoms with Crippen LogP contribution in [-0.4, -0.2) is 70.1 Å². The number of halogens is 1. The van der Waals surface area contributed by atoms with Crippen molar-refractivity contribution < 1.29 is 0 Å². The van der Waals surface area contributed by atoms with Crippen LogP contribution in [0.5, 0.6) is 0 Å². The molecule has 0 unspecified atom stereocenters. The van der Waals surface area contributed by atoms with E-state index in [4.69, 9.17) is 4.99 Å². The molecule has 4 rings (SSSR count). The highest BCUT2D eigenvalue weighted by Gasteiger charge is 2.21. The quantitative estimate of drug-likeness (QED) is 0.314. The van der Waals surface area contributed by atoms with E-state index in [0.717, 1.165) is 67.9 Å². The smallest absolute Gasteiger partial charge is 0.225 e. The molecule has 3 aromatic rings. The van der Waals surface area contributed by atoms with Crippen molar-refractivity contribution in [2.75, 3.05) is 44.2 Å². The summed E-state index contributed by atoms with van der Waals surface area (Å²) in [4.78, 5) is 26.0. The summed E-state index contributed by atoms with van der Waals surface area (Å²) in [5, 5.41) is 3.42. The first-order chi connectivity index (χ1) is 13.8. The lowest BCUT2D eigenvalue weighted by Gasteiger charge is -2.36. The van der Waals surface area contributed by atoms with E-state index in [-0.39, 0.29) is 24.0 Å². The molecular formula is C20H27IN8. The normalized spacial score (nSPS) is 14.7. The van der Waals surface area contributed by atoms with Crippen molar-refractivity contribution in [3.8, 4) is 0 Å². The zero-order valence-corrected chi connectivity index (χ0v) is 18.9. The van der Waals surface area contributed by atoms with Crippen molar-refractivity contribution in [1.82, 2.24) is 30.2 Å². The third-order valence-corrected chi connectivity index (χ3v) is 4.80. The van der Waals surface area contributed by atoms with Crippen LogP contribution in [0, 0.1) is 0 Å². The summed E-state index contributed by atoms with van der Waals surface area (Å²) in [6.45, 7) is 7.22. The molecule has 0 aliphatic carbocycles. The van der Waals surface area contributed by atoms with Crippen molar-refractivity contribution in [3.63, 3.8) is 0 Å². The summed E-state index contributed by atoms with van der Waals surface area (Å²) in [7, 11) is 0. The van der Waals surface area contributed by atoms with Gasteiger partial charge in [-0.05, 0) is 25.1 Å². The van der Waals surface area contributed by atoms with Gasteiger partial charge >= 0.3 is 0 Å². The number of imidazole rings is 1. The number of nitrogens with one attached hydrogen (secondary N) is 2. The SMILES string of the molecule is CCNC(=NCCc1nc2ccccc2[nH]1)N1CCN(c2ncccn2)CC1.I. The molecule has 0 atom stereocenters. The van der Waals surface area contributed by atoms with Crippen LogP contribution in [0.15, 0.2) is 47.7 Å². The molecule has 1 aliphatic rings. The van der Waals surface area contributed by atoms with Gasteiger partial charge in [0.05, 0.1) is 11.0 Å². The van der Waals surface area contributed by atoms with Crippen LogP contribution in [0.2, 0.25) is 0 Å². The Morgan fingerprint density at radius 3 is 2.59 bits per heavy atom. The Labute approximate surface area is 187 Å². The fourth-order valence-corrected chi connectivity index (χ4v) is 3.39. The Morgan fingerprint density at radius 2 is 1.86 bits per heavy atom. The average molecular weight is 506 g/mol. The third-order valence-electron chi connectivity index (χ3n) is 4.80. The van der Waals surface area contributed by atoms with Gasteiger partial charge in [0, 0.05) is 58.1 Å². The molecule has 1 aliphatic heterocycles. The van der Waals surface area contributed by atoms with E-state index < -0.39 is 0 Å². The van der Waals surface area contributed by atoms with Crippen LogP contribution < -0.4 is 10.2 Å². The predicted molar refractivity (Wildman–Crippen MR) is 127 cm³/mol. The molecule has 154 valence electrons. The fraction of sp³-hybridized carbons (Fsp3) is 0.400. The molecule has 0 amide bonds. The van der Waals surface area contributed by atoms with Gasteiger partial charge in [-0.25, -0.2) is 15.0 Å². The van der Waals surface area contributed by atoms with E-state index in [0.29, 0.717) is 6.54 Å². The first-order valence-corrected chi connectivity index (χ1v) is 9.82. The maximum absolute atomic E-state index is 4.82. The highest BCUT2D eigenvalue weighted by molar-refractivity contribution is 14.0. The largest absolute Gasteiger partial charge is 0.357 e. The van der Waals surface area contributed by atoms with Crippen LogP contribution in [0.1, 0.15) is 12.7 Å². The number of aliphatic imine (C=N–C) groups is 1. The van der Waals surface area contributed by atoms with Crippen LogP contribution in [0.4, 0.5) is 5.95 Å². The summed E-state index contributed by atoms with van der Waals surface area (Å²) >= 11 is 0. The molecule has 3 heterocycles. The molecule has 8 nitrogen and oxygen atoms in total. The van der Waals surface area contributed by atoms with Crippen molar-refractivity contribution >= 4 is 46.9 Å². The Bertz CT molecular complexity index is 885. The fourth-order valence-electron chi connectivity index (χ4n) is 3.39. The van der Waals surface area contributed by atoms with E-state index in [1.54, 1.807) is 12.4 Å². The van der Waals surface area contributed by atoms with Crippen LogP contribution in [0.25, 0.3) is 11.0 Å². The molecule has 0 radical (unpaired) electrons. The number of benzene rings is 1. The molecule has 0 spiro atoms. The summed E-state index contributed by atoms with van der Waals surface area (Å²) in [5.41, 5.74) is 2.08. The summed E-state index contributed by atoms with van der Waals surface area (Å²) < 4.78 is 0. The number of rotatable bonds is 5. The number of nitrogens with zero attached hydrogens (tertiary/aromatic N) is 6. The topological polar surface area (TPSA) is 85.3 Å². The van der Waals surface area contributed by atoms with Gasteiger partial charge in [0.2, 0.25) is 5.95 Å². The second kappa shape index (κ2) is 10.4. The Morgan fingerprint density at radius 1 is 1.10 bits per heavy atom. The third kappa shape index (κ3) is 5.34. The molecule has 0 bridgehead atoms. The molecule has 0 saturated carbocycles. The molecule has 9 heteroatoms. The standard InChI is InChI=1S/C20H26N8.HI/c1-2-21-19(24-11-8-18-25-16-6-3-4-7-17(16)26-18)27-12-14-28(15-13-27)20-22-9-5-10-23-20;/h3-7,9-10H,2,8,11-15H2,1H3,(H,21,24)(H,25,26);1H. The number of guanidine groups is 1. The maximum atomic E-state index is 4.82. The number of H-pyrrole nitrogens is 1. The van der Waals surface area contributed by atoms with E-state index in [9.17, 15) is 0 Å². The summed E-state index contributed by atoms with van der Waals surface area (Å²) in [5.74, 6) is 2.74. The van der Waals surface area contributed by atoms with Gasteiger partial charge in [-0.1, -0.05) is 12.1 Å². The van der Waals surface area contributed by atoms with Crippen LogP contribution in [-0.2, 0) is 6.42 Å². The van der Waals surface area contributed by atoms with Gasteiger partial charge in [-0.2, -0.15) is 0 Å². The zero-order chi connectivity index (χ0) is 19.2. The number of anilines is 1. The number of hydrogen-bond donors (Lipinski definition) is 2. The lowest BCUT2D eigenvalue weighted by Crippen LogP contribution is -2.53. The Kier molecular flexibility index (Phi) is 7.62. The van der Waals surface area contributed by atoms with Crippen molar-refractivity contribution in [1.29, 1.82) is 0 Å². The Balaban J connectivity index is 0.00000240. The van der Waals surface area contributed by atoms with Crippen molar-refractivity contribution in [2.45, 2.75) is 13.3 Å². The van der Waals surface area contributed by atoms with Gasteiger partial charge in [0.25, 0.3) is 0 Å². The van der Waals surface area contributed by atoms with E-state index in [1.165, 1.54) is 0 Å². The van der Waals surface area contributed by atoms with Gasteiger partial charge in [-0.3, -0.25) is 4.99 Å². The number of piperazine rings is 1. The summed E-state index contributed by atoms with van der Waals surface area (Å²) in [6.07, 6.45) is 4.37. The highest BCUT2D eigenvalue weighted by atomic mass is 127. The summed E-state index contributed by atoms with van der Waals surface area (Å²) in [6, 6.07) is 9.95. The highest BCUT2D eigenvalue weighted by Crippen LogP contribution is 2.11. The first-order valence-electron chi connectivity index (χ1n) is 9.82. The molecule has 2 N–H and O–H groups in total. The lowest BCUT2D eigenvalue weighted by molar-refractivity contribution is 0.370. The monoisotopic (exact) mass is 506 g/mol. The minimum Gasteiger partial charge on any atom is -0.357 e. The van der Waals surface area contributed by atoms with Crippen LogP contribution in [0.3, 0.4) is 0 Å².